The number of thioether (sulfide) groups is 2. The van der Waals surface area contributed by atoms with Gasteiger partial charge in [-0.2, -0.15) is 4.68 Å². The molecule has 1 aromatic carbocycles. The van der Waals surface area contributed by atoms with Crippen LogP contribution in [0.15, 0.2) is 58.4 Å². The number of β-lactam (4-membered cyclic amide) rings is 1. The second-order valence-electron chi connectivity index (χ2n) is 9.28. The van der Waals surface area contributed by atoms with E-state index in [1.54, 1.807) is 6.08 Å². The molecular formula is C24H24N7NaO5S2. The zero-order valence-corrected chi connectivity index (χ0v) is 24.7. The maximum absolute atomic E-state index is 13.0. The molecule has 4 heterocycles. The third-order valence-corrected chi connectivity index (χ3v) is 9.01. The number of hydrogen-bond donors (Lipinski definition) is 2. The van der Waals surface area contributed by atoms with Crippen molar-refractivity contribution >= 4 is 47.2 Å². The normalized spacial score (nSPS) is 23.4. The Morgan fingerprint density at radius 2 is 2.00 bits per heavy atom. The van der Waals surface area contributed by atoms with Crippen molar-refractivity contribution in [3.8, 4) is 5.69 Å². The molecule has 2 aromatic rings. The van der Waals surface area contributed by atoms with Crippen LogP contribution in [0.25, 0.3) is 5.69 Å². The fourth-order valence-electron chi connectivity index (χ4n) is 4.81. The Balaban J connectivity index is 0.00000185. The van der Waals surface area contributed by atoms with Crippen LogP contribution in [-0.4, -0.2) is 94.3 Å². The quantitative estimate of drug-likeness (QED) is 0.155. The molecule has 2 saturated heterocycles. The number of rotatable bonds is 8. The zero-order chi connectivity index (χ0) is 26.4. The monoisotopic (exact) mass is 577 g/mol. The first-order valence-corrected chi connectivity index (χ1v) is 14.1. The minimum atomic E-state index is -1.23. The van der Waals surface area contributed by atoms with E-state index >= 15 is 0 Å². The smallest absolute Gasteiger partial charge is 1.00 e. The number of nitrogens with one attached hydrogen (secondary N) is 1. The van der Waals surface area contributed by atoms with Crippen LogP contribution in [0.1, 0.15) is 20.7 Å². The summed E-state index contributed by atoms with van der Waals surface area (Å²) >= 11 is 2.50. The summed E-state index contributed by atoms with van der Waals surface area (Å²) in [6, 6.07) is 8.72. The molecule has 0 bridgehead atoms. The number of carboxylic acid groups (broad SMARTS) is 1. The second kappa shape index (κ2) is 11.5. The summed E-state index contributed by atoms with van der Waals surface area (Å²) in [5.41, 5.74) is 1.66. The number of nitrogens with zero attached hydrogens (tertiary/aromatic N) is 6. The van der Waals surface area contributed by atoms with Gasteiger partial charge in [0.15, 0.2) is 0 Å². The van der Waals surface area contributed by atoms with E-state index in [2.05, 4.69) is 20.8 Å². The van der Waals surface area contributed by atoms with E-state index in [9.17, 15) is 24.3 Å². The number of likely N-dealkylation sites (tertiary alicyclic amines) is 1. The van der Waals surface area contributed by atoms with Gasteiger partial charge in [0.1, 0.15) is 17.1 Å². The van der Waals surface area contributed by atoms with Gasteiger partial charge >= 0.3 is 35.5 Å². The van der Waals surface area contributed by atoms with Gasteiger partial charge in [0.25, 0.3) is 5.91 Å². The molecule has 198 valence electrons. The molecule has 6 rings (SSSR count). The Morgan fingerprint density at radius 3 is 2.72 bits per heavy atom. The Hall–Kier alpha value is -2.65. The number of aliphatic carboxylic acids is 1. The van der Waals surface area contributed by atoms with Gasteiger partial charge in [-0.1, -0.05) is 30.0 Å². The van der Waals surface area contributed by atoms with E-state index in [-0.39, 0.29) is 54.2 Å². The first kappa shape index (κ1) is 27.9. The number of fused-ring (bicyclic) bond motifs is 1. The van der Waals surface area contributed by atoms with Crippen molar-refractivity contribution in [2.24, 2.45) is 0 Å². The molecule has 0 radical (unpaired) electrons. The van der Waals surface area contributed by atoms with E-state index in [0.29, 0.717) is 41.1 Å². The van der Waals surface area contributed by atoms with Crippen LogP contribution >= 0.6 is 23.5 Å². The number of carboxylic acids is 1. The van der Waals surface area contributed by atoms with Crippen molar-refractivity contribution in [2.45, 2.75) is 41.9 Å². The van der Waals surface area contributed by atoms with Gasteiger partial charge in [-0.25, -0.2) is 4.79 Å². The van der Waals surface area contributed by atoms with E-state index in [1.807, 2.05) is 35.2 Å². The SMILES string of the molecule is O=C(CSc1nnnn1-c1ccccc1)N[C@@H]1C(=O)N2C(C(=O)O)=C(/C=C3\CCN(C4CC4)C3=O)CS[C@H]12.[H-].[Na+]. The van der Waals surface area contributed by atoms with E-state index < -0.39 is 23.3 Å². The van der Waals surface area contributed by atoms with Crippen molar-refractivity contribution in [3.05, 3.63) is 53.3 Å². The van der Waals surface area contributed by atoms with Gasteiger partial charge < -0.3 is 16.7 Å². The first-order chi connectivity index (χ1) is 18.4. The summed E-state index contributed by atoms with van der Waals surface area (Å²) in [4.78, 5) is 53.6. The average molecular weight is 578 g/mol. The molecule has 4 aliphatic rings. The molecule has 2 atom stereocenters. The summed E-state index contributed by atoms with van der Waals surface area (Å²) < 4.78 is 1.52. The van der Waals surface area contributed by atoms with Gasteiger partial charge in [0.05, 0.1) is 11.4 Å². The third kappa shape index (κ3) is 5.40. The van der Waals surface area contributed by atoms with Crippen LogP contribution in [0.3, 0.4) is 0 Å². The van der Waals surface area contributed by atoms with E-state index in [0.717, 1.165) is 30.3 Å². The molecule has 0 spiro atoms. The molecule has 2 N–H and O–H groups in total. The number of para-hydroxylation sites is 1. The summed E-state index contributed by atoms with van der Waals surface area (Å²) in [6.45, 7) is 0.646. The van der Waals surface area contributed by atoms with Crippen molar-refractivity contribution in [3.63, 3.8) is 0 Å². The fraction of sp³-hybridized carbons (Fsp3) is 0.375. The third-order valence-electron chi connectivity index (χ3n) is 6.78. The maximum Gasteiger partial charge on any atom is 1.00 e. The van der Waals surface area contributed by atoms with Crippen LogP contribution in [-0.2, 0) is 19.2 Å². The Bertz CT molecular complexity index is 1400. The minimum absolute atomic E-state index is 0. The van der Waals surface area contributed by atoms with Crippen molar-refractivity contribution in [1.82, 2.24) is 35.3 Å². The fourth-order valence-corrected chi connectivity index (χ4v) is 6.82. The predicted molar refractivity (Wildman–Crippen MR) is 138 cm³/mol. The van der Waals surface area contributed by atoms with Gasteiger partial charge in [-0.15, -0.1) is 16.9 Å². The second-order valence-corrected chi connectivity index (χ2v) is 11.3. The number of amides is 3. The van der Waals surface area contributed by atoms with Crippen LogP contribution in [0.5, 0.6) is 0 Å². The van der Waals surface area contributed by atoms with Crippen LogP contribution < -0.4 is 34.9 Å². The van der Waals surface area contributed by atoms with Crippen molar-refractivity contribution in [2.75, 3.05) is 18.1 Å². The Labute approximate surface area is 255 Å². The molecule has 1 aliphatic carbocycles. The topological polar surface area (TPSA) is 151 Å². The number of carbonyl (C=O) groups is 4. The summed E-state index contributed by atoms with van der Waals surface area (Å²) in [6.07, 6.45) is 4.23. The van der Waals surface area contributed by atoms with Crippen LogP contribution in [0.2, 0.25) is 0 Å². The van der Waals surface area contributed by atoms with Crippen LogP contribution in [0, 0.1) is 0 Å². The molecule has 3 aliphatic heterocycles. The van der Waals surface area contributed by atoms with Crippen molar-refractivity contribution in [1.29, 1.82) is 0 Å². The molecule has 39 heavy (non-hydrogen) atoms. The molecule has 3 amide bonds. The molecule has 12 nitrogen and oxygen atoms in total. The minimum Gasteiger partial charge on any atom is -1.00 e. The number of benzene rings is 1. The molecular weight excluding hydrogens is 553 g/mol. The molecule has 3 fully saturated rings. The number of tetrazole rings is 1. The number of carbonyl (C=O) groups excluding carboxylic acids is 3. The van der Waals surface area contributed by atoms with E-state index in [4.69, 9.17) is 0 Å². The number of aromatic nitrogens is 4. The van der Waals surface area contributed by atoms with Crippen molar-refractivity contribution < 1.29 is 55.3 Å². The Kier molecular flexibility index (Phi) is 8.19. The number of allylic oxidation sites excluding steroid dienone is 1. The first-order valence-electron chi connectivity index (χ1n) is 12.1. The average Bonchev–Trinajstić information content (AvgIpc) is 3.54. The summed E-state index contributed by atoms with van der Waals surface area (Å²) in [5, 5.41) is 24.1. The summed E-state index contributed by atoms with van der Waals surface area (Å²) in [7, 11) is 0. The van der Waals surface area contributed by atoms with E-state index in [1.165, 1.54) is 21.3 Å². The standard InChI is InChI=1S/C24H23N7O5S2.Na.H/c32-17(12-38-24-26-27-28-31(24)16-4-2-1-3-5-16)25-18-21(34)30-19(23(35)36)14(11-37-22(18)30)10-13-8-9-29(20(13)33)15-6-7-15;;/h1-5,10,15,18,22H,6-9,11-12H2,(H,25,32)(H,35,36);;/q;+1;-1/b13-10+;;/t18-,22-;;/m1../s1. The van der Waals surface area contributed by atoms with Gasteiger partial charge in [-0.3, -0.25) is 19.3 Å². The number of hydrogen-bond acceptors (Lipinski definition) is 9. The Morgan fingerprint density at radius 1 is 1.23 bits per heavy atom. The van der Waals surface area contributed by atoms with Gasteiger partial charge in [-0.05, 0) is 53.5 Å². The molecule has 15 heteroatoms. The van der Waals surface area contributed by atoms with Gasteiger partial charge in [0, 0.05) is 23.9 Å². The van der Waals surface area contributed by atoms with Gasteiger partial charge in [0.2, 0.25) is 17.0 Å². The zero-order valence-electron chi connectivity index (χ0n) is 22.0. The molecule has 1 saturated carbocycles. The maximum atomic E-state index is 13.0. The predicted octanol–water partition coefficient (Wildman–Crippen LogP) is -2.07. The molecule has 0 unspecified atom stereocenters. The molecule has 1 aromatic heterocycles. The summed E-state index contributed by atoms with van der Waals surface area (Å²) in [5.74, 6) is -1.85. The van der Waals surface area contributed by atoms with Crippen LogP contribution in [0.4, 0.5) is 0 Å². The largest absolute Gasteiger partial charge is 1.00 e.